The Labute approximate surface area is 103 Å². The van der Waals surface area contributed by atoms with E-state index in [4.69, 9.17) is 15.7 Å². The molecule has 0 saturated heterocycles. The Balaban J connectivity index is 0.00000256. The van der Waals surface area contributed by atoms with Gasteiger partial charge in [0.05, 0.1) is 24.8 Å². The number of phenolic OH excluding ortho intramolecular Hbond substituents is 1. The van der Waals surface area contributed by atoms with E-state index in [-0.39, 0.29) is 29.3 Å². The SMILES string of the molecule is COc1ccc(C#N)c([C@H](N)C(F)F)c1O.Cl. The zero-order valence-corrected chi connectivity index (χ0v) is 9.67. The maximum atomic E-state index is 12.5. The molecule has 4 nitrogen and oxygen atoms in total. The third-order valence-corrected chi connectivity index (χ3v) is 2.13. The highest BCUT2D eigenvalue weighted by Crippen LogP contribution is 2.37. The van der Waals surface area contributed by atoms with Gasteiger partial charge in [-0.2, -0.15) is 5.26 Å². The number of halogens is 3. The van der Waals surface area contributed by atoms with Crippen LogP contribution in [0, 0.1) is 11.3 Å². The summed E-state index contributed by atoms with van der Waals surface area (Å²) in [6, 6.07) is 2.57. The van der Waals surface area contributed by atoms with E-state index >= 15 is 0 Å². The fraction of sp³-hybridized carbons (Fsp3) is 0.300. The number of hydrogen-bond donors (Lipinski definition) is 2. The third-order valence-electron chi connectivity index (χ3n) is 2.13. The summed E-state index contributed by atoms with van der Waals surface area (Å²) in [7, 11) is 1.28. The average molecular weight is 265 g/mol. The zero-order valence-electron chi connectivity index (χ0n) is 8.85. The molecule has 7 heteroatoms. The molecule has 94 valence electrons. The lowest BCUT2D eigenvalue weighted by molar-refractivity contribution is 0.115. The first-order valence-electron chi connectivity index (χ1n) is 4.36. The summed E-state index contributed by atoms with van der Waals surface area (Å²) in [5.74, 6) is -0.514. The number of benzene rings is 1. The summed E-state index contributed by atoms with van der Waals surface area (Å²) >= 11 is 0. The van der Waals surface area contributed by atoms with Crippen LogP contribution < -0.4 is 10.5 Å². The molecule has 0 bridgehead atoms. The van der Waals surface area contributed by atoms with Crippen molar-refractivity contribution in [2.24, 2.45) is 5.73 Å². The minimum Gasteiger partial charge on any atom is -0.504 e. The summed E-state index contributed by atoms with van der Waals surface area (Å²) in [6.07, 6.45) is -2.87. The van der Waals surface area contributed by atoms with E-state index in [2.05, 4.69) is 0 Å². The number of alkyl halides is 2. The van der Waals surface area contributed by atoms with Crippen molar-refractivity contribution in [3.63, 3.8) is 0 Å². The number of nitrogens with zero attached hydrogens (tertiary/aromatic N) is 1. The minimum absolute atomic E-state index is 0. The van der Waals surface area contributed by atoms with Gasteiger partial charge in [0.2, 0.25) is 0 Å². The van der Waals surface area contributed by atoms with E-state index in [1.807, 2.05) is 0 Å². The second kappa shape index (κ2) is 6.23. The maximum Gasteiger partial charge on any atom is 0.257 e. The van der Waals surface area contributed by atoms with E-state index < -0.39 is 18.2 Å². The molecule has 1 aromatic rings. The van der Waals surface area contributed by atoms with Crippen LogP contribution in [0.1, 0.15) is 17.2 Å². The molecule has 1 aromatic carbocycles. The van der Waals surface area contributed by atoms with E-state index in [0.29, 0.717) is 0 Å². The lowest BCUT2D eigenvalue weighted by Crippen LogP contribution is -2.20. The van der Waals surface area contributed by atoms with Crippen molar-refractivity contribution >= 4 is 12.4 Å². The summed E-state index contributed by atoms with van der Waals surface area (Å²) in [5.41, 5.74) is 4.84. The van der Waals surface area contributed by atoms with Gasteiger partial charge in [-0.25, -0.2) is 8.78 Å². The van der Waals surface area contributed by atoms with Crippen LogP contribution in [0.15, 0.2) is 12.1 Å². The topological polar surface area (TPSA) is 79.3 Å². The summed E-state index contributed by atoms with van der Waals surface area (Å²) < 4.78 is 29.7. The predicted octanol–water partition coefficient (Wildman–Crippen LogP) is 1.96. The summed E-state index contributed by atoms with van der Waals surface area (Å²) in [5, 5.41) is 18.4. The molecule has 0 saturated carbocycles. The molecule has 0 heterocycles. The van der Waals surface area contributed by atoms with Crippen LogP contribution in [0.3, 0.4) is 0 Å². The van der Waals surface area contributed by atoms with Gasteiger partial charge in [-0.15, -0.1) is 12.4 Å². The van der Waals surface area contributed by atoms with Gasteiger partial charge in [0.1, 0.15) is 0 Å². The number of phenols is 1. The average Bonchev–Trinajstić information content (AvgIpc) is 2.27. The fourth-order valence-electron chi connectivity index (χ4n) is 1.31. The molecule has 0 aliphatic carbocycles. The van der Waals surface area contributed by atoms with Gasteiger partial charge in [0.25, 0.3) is 6.43 Å². The van der Waals surface area contributed by atoms with Gasteiger partial charge < -0.3 is 15.6 Å². The number of nitriles is 1. The molecule has 0 amide bonds. The summed E-state index contributed by atoms with van der Waals surface area (Å²) in [6.45, 7) is 0. The molecule has 0 aliphatic heterocycles. The Morgan fingerprint density at radius 2 is 2.06 bits per heavy atom. The van der Waals surface area contributed by atoms with Crippen molar-refractivity contribution in [2.45, 2.75) is 12.5 Å². The Bertz CT molecular complexity index is 435. The van der Waals surface area contributed by atoms with Gasteiger partial charge in [0, 0.05) is 5.56 Å². The molecular formula is C10H11ClF2N2O2. The number of rotatable bonds is 3. The van der Waals surface area contributed by atoms with E-state index in [0.717, 1.165) is 0 Å². The Morgan fingerprint density at radius 3 is 2.47 bits per heavy atom. The van der Waals surface area contributed by atoms with Crippen molar-refractivity contribution in [2.75, 3.05) is 7.11 Å². The molecule has 0 radical (unpaired) electrons. The van der Waals surface area contributed by atoms with Crippen molar-refractivity contribution in [1.82, 2.24) is 0 Å². The van der Waals surface area contributed by atoms with Gasteiger partial charge >= 0.3 is 0 Å². The van der Waals surface area contributed by atoms with Gasteiger partial charge in [-0.05, 0) is 12.1 Å². The molecular weight excluding hydrogens is 254 g/mol. The lowest BCUT2D eigenvalue weighted by Gasteiger charge is -2.16. The molecule has 0 aromatic heterocycles. The summed E-state index contributed by atoms with van der Waals surface area (Å²) in [4.78, 5) is 0. The van der Waals surface area contributed by atoms with Crippen LogP contribution >= 0.6 is 12.4 Å². The van der Waals surface area contributed by atoms with Crippen molar-refractivity contribution in [3.05, 3.63) is 23.3 Å². The number of hydrogen-bond acceptors (Lipinski definition) is 4. The maximum absolute atomic E-state index is 12.5. The smallest absolute Gasteiger partial charge is 0.257 e. The second-order valence-electron chi connectivity index (χ2n) is 3.05. The monoisotopic (exact) mass is 264 g/mol. The molecule has 0 spiro atoms. The van der Waals surface area contributed by atoms with E-state index in [9.17, 15) is 13.9 Å². The number of ether oxygens (including phenoxy) is 1. The highest BCUT2D eigenvalue weighted by molar-refractivity contribution is 5.85. The Kier molecular flexibility index (Phi) is 5.65. The quantitative estimate of drug-likeness (QED) is 0.875. The van der Waals surface area contributed by atoms with E-state index in [1.54, 1.807) is 6.07 Å². The fourth-order valence-corrected chi connectivity index (χ4v) is 1.31. The predicted molar refractivity (Wildman–Crippen MR) is 59.6 cm³/mol. The Morgan fingerprint density at radius 1 is 1.47 bits per heavy atom. The second-order valence-corrected chi connectivity index (χ2v) is 3.05. The number of aromatic hydroxyl groups is 1. The van der Waals surface area contributed by atoms with Gasteiger partial charge in [-0.3, -0.25) is 0 Å². The van der Waals surface area contributed by atoms with Crippen molar-refractivity contribution in [1.29, 1.82) is 5.26 Å². The molecule has 17 heavy (non-hydrogen) atoms. The first-order valence-corrected chi connectivity index (χ1v) is 4.36. The van der Waals surface area contributed by atoms with Crippen LogP contribution in [0.4, 0.5) is 8.78 Å². The molecule has 1 rings (SSSR count). The zero-order chi connectivity index (χ0) is 12.3. The largest absolute Gasteiger partial charge is 0.504 e. The molecule has 0 unspecified atom stereocenters. The highest BCUT2D eigenvalue weighted by atomic mass is 35.5. The molecule has 1 atom stereocenters. The van der Waals surface area contributed by atoms with Crippen LogP contribution in [-0.4, -0.2) is 18.6 Å². The third kappa shape index (κ3) is 2.96. The molecule has 0 fully saturated rings. The minimum atomic E-state index is -2.87. The van der Waals surface area contributed by atoms with Crippen molar-refractivity contribution < 1.29 is 18.6 Å². The van der Waals surface area contributed by atoms with E-state index in [1.165, 1.54) is 19.2 Å². The normalized spacial score (nSPS) is 11.5. The van der Waals surface area contributed by atoms with Crippen LogP contribution in [0.25, 0.3) is 0 Å². The standard InChI is InChI=1S/C10H10F2N2O2.ClH/c1-16-6-3-2-5(4-13)7(9(6)15)8(14)10(11)12;/h2-3,8,10,15H,14H2,1H3;1H/t8-;/m0./s1. The number of nitrogens with two attached hydrogens (primary N) is 1. The lowest BCUT2D eigenvalue weighted by atomic mass is 10.00. The Hall–Kier alpha value is -1.58. The van der Waals surface area contributed by atoms with Crippen molar-refractivity contribution in [3.8, 4) is 17.6 Å². The van der Waals surface area contributed by atoms with Gasteiger partial charge in [0.15, 0.2) is 11.5 Å². The highest BCUT2D eigenvalue weighted by Gasteiger charge is 2.26. The van der Waals surface area contributed by atoms with Crippen LogP contribution in [0.2, 0.25) is 0 Å². The van der Waals surface area contributed by atoms with Crippen LogP contribution in [-0.2, 0) is 0 Å². The molecule has 3 N–H and O–H groups in total. The van der Waals surface area contributed by atoms with Crippen LogP contribution in [0.5, 0.6) is 11.5 Å². The first kappa shape index (κ1) is 15.4. The first-order chi connectivity index (χ1) is 7.52. The number of methoxy groups -OCH3 is 1. The molecule has 0 aliphatic rings. The van der Waals surface area contributed by atoms with Gasteiger partial charge in [-0.1, -0.05) is 0 Å².